The van der Waals surface area contributed by atoms with Crippen molar-refractivity contribution in [2.75, 3.05) is 19.8 Å². The minimum atomic E-state index is -5.04. The molecule has 0 amide bonds. The number of hydrogen-bond acceptors (Lipinski definition) is 10. The van der Waals surface area contributed by atoms with Crippen LogP contribution in [-0.4, -0.2) is 71.0 Å². The van der Waals surface area contributed by atoms with Crippen molar-refractivity contribution in [3.05, 3.63) is 52.4 Å². The molecule has 2 aliphatic rings. The first-order valence-corrected chi connectivity index (χ1v) is 11.1. The third kappa shape index (κ3) is 4.60. The Bertz CT molecular complexity index is 1370. The molecule has 0 spiro atoms. The van der Waals surface area contributed by atoms with Crippen LogP contribution < -0.4 is 19.6 Å². The van der Waals surface area contributed by atoms with Gasteiger partial charge in [-0.05, 0) is 29.8 Å². The van der Waals surface area contributed by atoms with Crippen LogP contribution in [0.3, 0.4) is 0 Å². The average Bonchev–Trinajstić information content (AvgIpc) is 2.88. The molecule has 2 aliphatic heterocycles. The van der Waals surface area contributed by atoms with Gasteiger partial charge < -0.3 is 43.8 Å². The van der Waals surface area contributed by atoms with Gasteiger partial charge in [-0.1, -0.05) is 6.07 Å². The maximum absolute atomic E-state index is 14.0. The van der Waals surface area contributed by atoms with Crippen molar-refractivity contribution in [2.24, 2.45) is 0 Å². The fraction of sp³-hybridized carbons (Fsp3) is 0.375. The first-order chi connectivity index (χ1) is 17.6. The van der Waals surface area contributed by atoms with Crippen LogP contribution in [0.25, 0.3) is 22.1 Å². The second-order valence-electron chi connectivity index (χ2n) is 8.46. The molecular weight excluding hydrogens is 505 g/mol. The monoisotopic (exact) mass is 526 g/mol. The number of benzene rings is 2. The normalized spacial score (nSPS) is 25.8. The smallest absolute Gasteiger partial charge is 0.450 e. The Morgan fingerprint density at radius 1 is 0.946 bits per heavy atom. The Balaban J connectivity index is 1.56. The lowest BCUT2D eigenvalue weighted by Crippen LogP contribution is -2.60. The van der Waals surface area contributed by atoms with Gasteiger partial charge in [-0.2, -0.15) is 13.2 Å². The summed E-state index contributed by atoms with van der Waals surface area (Å²) in [5.74, 6) is -1.17. The number of ether oxygens (including phenoxy) is 4. The van der Waals surface area contributed by atoms with Crippen LogP contribution in [0.2, 0.25) is 0 Å². The molecule has 13 heteroatoms. The number of alkyl halides is 3. The quantitative estimate of drug-likeness (QED) is 0.394. The van der Waals surface area contributed by atoms with Gasteiger partial charge in [0.25, 0.3) is 0 Å². The molecule has 1 saturated heterocycles. The molecule has 0 radical (unpaired) electrons. The molecule has 10 nitrogen and oxygen atoms in total. The lowest BCUT2D eigenvalue weighted by atomic mass is 9.99. The van der Waals surface area contributed by atoms with E-state index in [4.69, 9.17) is 23.4 Å². The van der Waals surface area contributed by atoms with Crippen molar-refractivity contribution in [3.63, 3.8) is 0 Å². The first-order valence-electron chi connectivity index (χ1n) is 11.1. The summed E-state index contributed by atoms with van der Waals surface area (Å²) in [6.07, 6.45) is -13.0. The van der Waals surface area contributed by atoms with E-state index in [1.165, 1.54) is 30.3 Å². The molecule has 0 bridgehead atoms. The molecular formula is C24H21F3O10. The van der Waals surface area contributed by atoms with E-state index in [1.54, 1.807) is 0 Å². The number of aliphatic hydroxyl groups excluding tert-OH is 4. The summed E-state index contributed by atoms with van der Waals surface area (Å²) in [5.41, 5.74) is -2.20. The van der Waals surface area contributed by atoms with Crippen LogP contribution >= 0.6 is 0 Å². The molecule has 4 N–H and O–H groups in total. The lowest BCUT2D eigenvalue weighted by molar-refractivity contribution is -0.277. The molecule has 37 heavy (non-hydrogen) atoms. The lowest BCUT2D eigenvalue weighted by Gasteiger charge is -2.39. The molecule has 0 unspecified atom stereocenters. The summed E-state index contributed by atoms with van der Waals surface area (Å²) in [6.45, 7) is -0.215. The maximum atomic E-state index is 14.0. The number of hydrogen-bond donors (Lipinski definition) is 4. The molecule has 2 aromatic carbocycles. The molecule has 5 rings (SSSR count). The SMILES string of the molecule is O=c1c(-c2ccc3c(c2)OCCO3)c(C(F)(F)F)oc2cc(O[C@H]3O[C@@H](CO)[C@H](O)[C@@H](O)[C@@H]3O)ccc12. The molecule has 0 saturated carbocycles. The van der Waals surface area contributed by atoms with Gasteiger partial charge in [-0.15, -0.1) is 0 Å². The summed E-state index contributed by atoms with van der Waals surface area (Å²) >= 11 is 0. The maximum Gasteiger partial charge on any atom is 0.450 e. The second-order valence-corrected chi connectivity index (χ2v) is 8.46. The number of halogens is 3. The molecule has 3 aromatic rings. The second kappa shape index (κ2) is 9.50. The highest BCUT2D eigenvalue weighted by Crippen LogP contribution is 2.41. The van der Waals surface area contributed by atoms with Crippen molar-refractivity contribution in [1.29, 1.82) is 0 Å². The Kier molecular flexibility index (Phi) is 6.50. The standard InChI is InChI=1S/C24H21F3O10/c25-24(26,27)22-17(10-1-4-13-15(7-10)34-6-5-33-13)18(29)12-3-2-11(8-14(12)36-22)35-23-21(32)20(31)19(30)16(9-28)37-23/h1-4,7-8,16,19-21,23,28,30-32H,5-6,9H2/t16-,19-,20+,21-,23-/m0/s1. The van der Waals surface area contributed by atoms with Crippen LogP contribution in [0.5, 0.6) is 17.2 Å². The zero-order chi connectivity index (χ0) is 26.5. The number of rotatable bonds is 4. The average molecular weight is 526 g/mol. The number of fused-ring (bicyclic) bond motifs is 2. The van der Waals surface area contributed by atoms with Crippen LogP contribution in [0.15, 0.2) is 45.6 Å². The van der Waals surface area contributed by atoms with Crippen molar-refractivity contribution >= 4 is 11.0 Å². The van der Waals surface area contributed by atoms with E-state index in [0.29, 0.717) is 5.75 Å². The van der Waals surface area contributed by atoms with E-state index in [9.17, 15) is 38.4 Å². The van der Waals surface area contributed by atoms with Gasteiger partial charge in [0.1, 0.15) is 49.0 Å². The fourth-order valence-corrected chi connectivity index (χ4v) is 4.21. The Labute approximate surface area is 206 Å². The predicted molar refractivity (Wildman–Crippen MR) is 118 cm³/mol. The summed E-state index contributed by atoms with van der Waals surface area (Å²) < 4.78 is 68.7. The number of aliphatic hydroxyl groups is 4. The van der Waals surface area contributed by atoms with Gasteiger partial charge in [0.2, 0.25) is 17.5 Å². The third-order valence-electron chi connectivity index (χ3n) is 6.05. The summed E-state index contributed by atoms with van der Waals surface area (Å²) in [4.78, 5) is 13.3. The van der Waals surface area contributed by atoms with E-state index < -0.39 is 65.8 Å². The van der Waals surface area contributed by atoms with E-state index in [1.807, 2.05) is 0 Å². The highest BCUT2D eigenvalue weighted by atomic mass is 19.4. The summed E-state index contributed by atoms with van der Waals surface area (Å²) in [6, 6.07) is 7.41. The van der Waals surface area contributed by atoms with Gasteiger partial charge in [-0.3, -0.25) is 4.79 Å². The predicted octanol–water partition coefficient (Wildman–Crippen LogP) is 1.43. The van der Waals surface area contributed by atoms with Gasteiger partial charge in [0.05, 0.1) is 17.6 Å². The van der Waals surface area contributed by atoms with Crippen LogP contribution in [0.4, 0.5) is 13.2 Å². The third-order valence-corrected chi connectivity index (χ3v) is 6.05. The topological polar surface area (TPSA) is 148 Å². The van der Waals surface area contributed by atoms with Crippen molar-refractivity contribution < 1.29 is 57.0 Å². The molecule has 1 fully saturated rings. The Morgan fingerprint density at radius 3 is 2.38 bits per heavy atom. The largest absolute Gasteiger partial charge is 0.486 e. The zero-order valence-electron chi connectivity index (χ0n) is 18.8. The van der Waals surface area contributed by atoms with Gasteiger partial charge in [0, 0.05) is 6.07 Å². The highest BCUT2D eigenvalue weighted by Gasteiger charge is 2.45. The van der Waals surface area contributed by atoms with E-state index in [-0.39, 0.29) is 35.7 Å². The van der Waals surface area contributed by atoms with Crippen LogP contribution in [0, 0.1) is 0 Å². The minimum Gasteiger partial charge on any atom is -0.486 e. The zero-order valence-corrected chi connectivity index (χ0v) is 18.8. The Morgan fingerprint density at radius 2 is 1.68 bits per heavy atom. The van der Waals surface area contributed by atoms with Crippen LogP contribution in [0.1, 0.15) is 5.76 Å². The first kappa shape index (κ1) is 25.3. The summed E-state index contributed by atoms with van der Waals surface area (Å²) in [5, 5.41) is 39.1. The molecule has 3 heterocycles. The molecule has 0 aliphatic carbocycles. The fourth-order valence-electron chi connectivity index (χ4n) is 4.21. The summed E-state index contributed by atoms with van der Waals surface area (Å²) in [7, 11) is 0. The van der Waals surface area contributed by atoms with E-state index in [2.05, 4.69) is 0 Å². The highest BCUT2D eigenvalue weighted by molar-refractivity contribution is 5.84. The van der Waals surface area contributed by atoms with E-state index >= 15 is 0 Å². The van der Waals surface area contributed by atoms with Crippen molar-refractivity contribution in [1.82, 2.24) is 0 Å². The van der Waals surface area contributed by atoms with Gasteiger partial charge in [-0.25, -0.2) is 0 Å². The van der Waals surface area contributed by atoms with Gasteiger partial charge >= 0.3 is 6.18 Å². The van der Waals surface area contributed by atoms with Gasteiger partial charge in [0.15, 0.2) is 11.5 Å². The van der Waals surface area contributed by atoms with Crippen LogP contribution in [-0.2, 0) is 10.9 Å². The van der Waals surface area contributed by atoms with Crippen molar-refractivity contribution in [3.8, 4) is 28.4 Å². The molecule has 1 aromatic heterocycles. The van der Waals surface area contributed by atoms with Crippen molar-refractivity contribution in [2.45, 2.75) is 36.9 Å². The minimum absolute atomic E-state index is 0.0751. The van der Waals surface area contributed by atoms with E-state index in [0.717, 1.165) is 6.07 Å². The molecule has 5 atom stereocenters. The molecule has 198 valence electrons. The Hall–Kier alpha value is -3.36.